The van der Waals surface area contributed by atoms with E-state index in [4.69, 9.17) is 11.5 Å². The van der Waals surface area contributed by atoms with Crippen LogP contribution in [0, 0.1) is 0 Å². The molecule has 0 aliphatic carbocycles. The van der Waals surface area contributed by atoms with Gasteiger partial charge in [-0.2, -0.15) is 0 Å². The zero-order valence-corrected chi connectivity index (χ0v) is 11.9. The number of rotatable bonds is 5. The molecule has 2 atom stereocenters. The Bertz CT molecular complexity index is 423. The van der Waals surface area contributed by atoms with Gasteiger partial charge in [0.1, 0.15) is 0 Å². The van der Waals surface area contributed by atoms with Crippen LogP contribution in [0.2, 0.25) is 0 Å². The number of primary amides is 1. The fourth-order valence-electron chi connectivity index (χ4n) is 1.75. The molecule has 106 valence electrons. The Morgan fingerprint density at radius 1 is 1.21 bits per heavy atom. The Kier molecular flexibility index (Phi) is 7.11. The van der Waals surface area contributed by atoms with Crippen molar-refractivity contribution in [3.8, 4) is 0 Å². The van der Waals surface area contributed by atoms with Crippen LogP contribution in [0.15, 0.2) is 30.3 Å². The summed E-state index contributed by atoms with van der Waals surface area (Å²) in [5, 5.41) is 0. The molecule has 0 saturated heterocycles. The number of carbonyl (C=O) groups is 2. The van der Waals surface area contributed by atoms with E-state index < -0.39 is 11.9 Å². The van der Waals surface area contributed by atoms with Crippen molar-refractivity contribution in [2.75, 3.05) is 6.54 Å². The summed E-state index contributed by atoms with van der Waals surface area (Å²) in [6.07, 6.45) is 0. The lowest BCUT2D eigenvalue weighted by Gasteiger charge is -2.29. The molecule has 1 aromatic carbocycles. The first kappa shape index (κ1) is 17.4. The molecule has 0 bridgehead atoms. The molecule has 19 heavy (non-hydrogen) atoms. The van der Waals surface area contributed by atoms with Gasteiger partial charge < -0.3 is 16.4 Å². The first-order valence-corrected chi connectivity index (χ1v) is 5.82. The van der Waals surface area contributed by atoms with Crippen molar-refractivity contribution >= 4 is 24.2 Å². The third-order valence-electron chi connectivity index (χ3n) is 2.75. The molecule has 4 N–H and O–H groups in total. The molecule has 0 spiro atoms. The van der Waals surface area contributed by atoms with Gasteiger partial charge in [0.15, 0.2) is 0 Å². The van der Waals surface area contributed by atoms with Crippen LogP contribution in [-0.2, 0) is 9.59 Å². The summed E-state index contributed by atoms with van der Waals surface area (Å²) in [5.41, 5.74) is 11.7. The summed E-state index contributed by atoms with van der Waals surface area (Å²) in [4.78, 5) is 24.5. The van der Waals surface area contributed by atoms with Crippen LogP contribution in [0.5, 0.6) is 0 Å². The van der Waals surface area contributed by atoms with E-state index in [1.54, 1.807) is 6.92 Å². The lowest BCUT2D eigenvalue weighted by molar-refractivity contribution is -0.138. The van der Waals surface area contributed by atoms with Crippen molar-refractivity contribution in [2.24, 2.45) is 11.5 Å². The number of amides is 2. The third kappa shape index (κ3) is 4.89. The minimum absolute atomic E-state index is 0. The maximum absolute atomic E-state index is 12.0. The summed E-state index contributed by atoms with van der Waals surface area (Å²) >= 11 is 0. The Hall–Kier alpha value is -1.59. The Balaban J connectivity index is 0.00000324. The summed E-state index contributed by atoms with van der Waals surface area (Å²) in [6.45, 7) is 3.31. The number of hydrogen-bond acceptors (Lipinski definition) is 3. The quantitative estimate of drug-likeness (QED) is 0.840. The standard InChI is InChI=1S/C13H19N3O2.ClH/c1-9(14)13(18)16(8-12(15)17)10(2)11-6-4-3-5-7-11;/h3-7,9-10H,8,14H2,1-2H3,(H2,15,17);1H/t9-,10+;/m0./s1. The molecule has 0 heterocycles. The molecular weight excluding hydrogens is 266 g/mol. The van der Waals surface area contributed by atoms with Crippen molar-refractivity contribution < 1.29 is 9.59 Å². The monoisotopic (exact) mass is 285 g/mol. The summed E-state index contributed by atoms with van der Waals surface area (Å²) < 4.78 is 0. The van der Waals surface area contributed by atoms with Gasteiger partial charge in [-0.3, -0.25) is 9.59 Å². The predicted molar refractivity (Wildman–Crippen MR) is 76.7 cm³/mol. The van der Waals surface area contributed by atoms with Gasteiger partial charge in [-0.1, -0.05) is 30.3 Å². The molecule has 1 aromatic rings. The molecule has 0 aromatic heterocycles. The topological polar surface area (TPSA) is 89.4 Å². The minimum atomic E-state index is -0.657. The second-order valence-corrected chi connectivity index (χ2v) is 4.31. The predicted octanol–water partition coefficient (Wildman–Crippen LogP) is 0.831. The van der Waals surface area contributed by atoms with Crippen LogP contribution in [-0.4, -0.2) is 29.3 Å². The lowest BCUT2D eigenvalue weighted by Crippen LogP contribution is -2.46. The van der Waals surface area contributed by atoms with Crippen LogP contribution in [0.4, 0.5) is 0 Å². The number of carbonyl (C=O) groups excluding carboxylic acids is 2. The van der Waals surface area contributed by atoms with Gasteiger partial charge in [0.05, 0.1) is 18.6 Å². The maximum atomic E-state index is 12.0. The Labute approximate surface area is 119 Å². The maximum Gasteiger partial charge on any atom is 0.240 e. The van der Waals surface area contributed by atoms with E-state index in [-0.39, 0.29) is 30.9 Å². The largest absolute Gasteiger partial charge is 0.368 e. The zero-order chi connectivity index (χ0) is 13.7. The summed E-state index contributed by atoms with van der Waals surface area (Å²) in [6, 6.07) is 8.55. The SMILES string of the molecule is C[C@H](N)C(=O)N(CC(N)=O)[C@H](C)c1ccccc1.Cl. The average Bonchev–Trinajstić information content (AvgIpc) is 2.35. The third-order valence-corrected chi connectivity index (χ3v) is 2.75. The highest BCUT2D eigenvalue weighted by Gasteiger charge is 2.25. The van der Waals surface area contributed by atoms with Gasteiger partial charge in [-0.15, -0.1) is 12.4 Å². The van der Waals surface area contributed by atoms with Crippen LogP contribution in [0.3, 0.4) is 0 Å². The van der Waals surface area contributed by atoms with E-state index in [1.165, 1.54) is 4.90 Å². The van der Waals surface area contributed by atoms with Gasteiger partial charge in [0.2, 0.25) is 11.8 Å². The van der Waals surface area contributed by atoms with Crippen molar-refractivity contribution in [1.82, 2.24) is 4.90 Å². The fourth-order valence-corrected chi connectivity index (χ4v) is 1.75. The Morgan fingerprint density at radius 2 is 1.74 bits per heavy atom. The molecule has 0 radical (unpaired) electrons. The van der Waals surface area contributed by atoms with Crippen molar-refractivity contribution in [3.05, 3.63) is 35.9 Å². The van der Waals surface area contributed by atoms with E-state index >= 15 is 0 Å². The van der Waals surface area contributed by atoms with E-state index in [1.807, 2.05) is 37.3 Å². The van der Waals surface area contributed by atoms with Gasteiger partial charge in [-0.25, -0.2) is 0 Å². The Morgan fingerprint density at radius 3 is 2.16 bits per heavy atom. The second-order valence-electron chi connectivity index (χ2n) is 4.31. The molecule has 0 saturated carbocycles. The normalized spacial score (nSPS) is 13.0. The molecule has 6 heteroatoms. The van der Waals surface area contributed by atoms with Crippen LogP contribution >= 0.6 is 12.4 Å². The van der Waals surface area contributed by atoms with E-state index in [0.717, 1.165) is 5.56 Å². The van der Waals surface area contributed by atoms with E-state index in [2.05, 4.69) is 0 Å². The van der Waals surface area contributed by atoms with Gasteiger partial charge in [-0.05, 0) is 19.4 Å². The minimum Gasteiger partial charge on any atom is -0.368 e. The number of benzene rings is 1. The van der Waals surface area contributed by atoms with Crippen LogP contribution in [0.1, 0.15) is 25.5 Å². The van der Waals surface area contributed by atoms with Crippen LogP contribution in [0.25, 0.3) is 0 Å². The molecular formula is C13H20ClN3O2. The first-order chi connectivity index (χ1) is 8.43. The van der Waals surface area contributed by atoms with Crippen molar-refractivity contribution in [3.63, 3.8) is 0 Å². The highest BCUT2D eigenvalue weighted by molar-refractivity contribution is 5.86. The summed E-state index contributed by atoms with van der Waals surface area (Å²) in [7, 11) is 0. The zero-order valence-electron chi connectivity index (χ0n) is 11.1. The average molecular weight is 286 g/mol. The number of hydrogen-bond donors (Lipinski definition) is 2. The van der Waals surface area contributed by atoms with E-state index in [0.29, 0.717) is 0 Å². The van der Waals surface area contributed by atoms with Gasteiger partial charge in [0, 0.05) is 0 Å². The second kappa shape index (κ2) is 7.76. The van der Waals surface area contributed by atoms with Crippen molar-refractivity contribution in [1.29, 1.82) is 0 Å². The molecule has 5 nitrogen and oxygen atoms in total. The molecule has 0 unspecified atom stereocenters. The number of nitrogens with zero attached hydrogens (tertiary/aromatic N) is 1. The highest BCUT2D eigenvalue weighted by atomic mass is 35.5. The van der Waals surface area contributed by atoms with Gasteiger partial charge >= 0.3 is 0 Å². The summed E-state index contributed by atoms with van der Waals surface area (Å²) in [5.74, 6) is -0.836. The molecule has 0 fully saturated rings. The number of nitrogens with two attached hydrogens (primary N) is 2. The first-order valence-electron chi connectivity index (χ1n) is 5.82. The smallest absolute Gasteiger partial charge is 0.240 e. The number of halogens is 1. The molecule has 0 aliphatic heterocycles. The molecule has 0 aliphatic rings. The van der Waals surface area contributed by atoms with Crippen LogP contribution < -0.4 is 11.5 Å². The fraction of sp³-hybridized carbons (Fsp3) is 0.385. The molecule has 1 rings (SSSR count). The highest BCUT2D eigenvalue weighted by Crippen LogP contribution is 2.20. The molecule has 2 amide bonds. The van der Waals surface area contributed by atoms with Crippen molar-refractivity contribution in [2.45, 2.75) is 25.9 Å². The van der Waals surface area contributed by atoms with Gasteiger partial charge in [0.25, 0.3) is 0 Å². The van der Waals surface area contributed by atoms with E-state index in [9.17, 15) is 9.59 Å². The lowest BCUT2D eigenvalue weighted by atomic mass is 10.1.